The second-order valence-corrected chi connectivity index (χ2v) is 17.8. The van der Waals surface area contributed by atoms with Gasteiger partial charge in [-0.25, -0.2) is 0 Å². The second-order valence-electron chi connectivity index (χ2n) is 16.6. The van der Waals surface area contributed by atoms with Crippen molar-refractivity contribution in [3.8, 4) is 5.75 Å². The van der Waals surface area contributed by atoms with Crippen LogP contribution in [0.1, 0.15) is 152 Å². The first kappa shape index (κ1) is 41.1. The molecule has 3 atom stereocenters. The number of hydrogen-bond donors (Lipinski definition) is 1. The van der Waals surface area contributed by atoms with Crippen molar-refractivity contribution in [2.75, 3.05) is 26.4 Å². The number of fused-ring (bicyclic) bond motifs is 2. The summed E-state index contributed by atoms with van der Waals surface area (Å²) in [5.74, 6) is 1.65. The van der Waals surface area contributed by atoms with Crippen LogP contribution in [0.15, 0.2) is 24.3 Å². The van der Waals surface area contributed by atoms with Crippen molar-refractivity contribution in [1.82, 2.24) is 10.2 Å². The maximum Gasteiger partial charge on any atom is 0.123 e. The molecule has 0 saturated heterocycles. The van der Waals surface area contributed by atoms with E-state index >= 15 is 0 Å². The van der Waals surface area contributed by atoms with Crippen molar-refractivity contribution in [3.05, 3.63) is 41.0 Å². The normalized spacial score (nSPS) is 20.4. The maximum absolute atomic E-state index is 6.58. The van der Waals surface area contributed by atoms with Crippen LogP contribution >= 0.6 is 11.8 Å². The van der Waals surface area contributed by atoms with E-state index in [0.717, 1.165) is 36.9 Å². The van der Waals surface area contributed by atoms with Gasteiger partial charge in [0.1, 0.15) is 11.9 Å². The van der Waals surface area contributed by atoms with Crippen molar-refractivity contribution in [3.63, 3.8) is 0 Å². The Labute approximate surface area is 280 Å². The van der Waals surface area contributed by atoms with E-state index in [-0.39, 0.29) is 11.1 Å². The molecule has 2 aliphatic rings. The SMILES string of the molecule is CCC(C)(C)C.CCC/C=C/C(C)(C)C.CCCC(CNCC(C)C1CCc2cc3c(cc2O1)C(C)(C)N(C)C3(C)C)SC. The van der Waals surface area contributed by atoms with Crippen LogP contribution in [-0.2, 0) is 17.5 Å². The number of benzene rings is 1. The lowest BCUT2D eigenvalue weighted by Gasteiger charge is -2.37. The summed E-state index contributed by atoms with van der Waals surface area (Å²) in [5.41, 5.74) is 5.30. The third-order valence-corrected chi connectivity index (χ3v) is 10.8. The molecule has 44 heavy (non-hydrogen) atoms. The van der Waals surface area contributed by atoms with Crippen LogP contribution in [0.25, 0.3) is 0 Å². The van der Waals surface area contributed by atoms with Gasteiger partial charge in [-0.15, -0.1) is 0 Å². The number of allylic oxidation sites excluding steroid dienone is 2. The summed E-state index contributed by atoms with van der Waals surface area (Å²) < 4.78 is 6.58. The summed E-state index contributed by atoms with van der Waals surface area (Å²) in [5, 5.41) is 4.43. The molecule has 0 saturated carbocycles. The molecule has 1 aromatic rings. The Bertz CT molecular complexity index is 998. The number of rotatable bonds is 10. The van der Waals surface area contributed by atoms with E-state index < -0.39 is 0 Å². The molecule has 3 rings (SSSR count). The molecule has 0 bridgehead atoms. The Morgan fingerprint density at radius 1 is 0.977 bits per heavy atom. The minimum absolute atomic E-state index is 0.0312. The van der Waals surface area contributed by atoms with Gasteiger partial charge in [-0.05, 0) is 106 Å². The van der Waals surface area contributed by atoms with Crippen molar-refractivity contribution >= 4 is 11.8 Å². The second kappa shape index (κ2) is 17.8. The van der Waals surface area contributed by atoms with Gasteiger partial charge < -0.3 is 10.1 Å². The van der Waals surface area contributed by atoms with Gasteiger partial charge >= 0.3 is 0 Å². The fourth-order valence-corrected chi connectivity index (χ4v) is 6.51. The van der Waals surface area contributed by atoms with Crippen LogP contribution in [0.2, 0.25) is 0 Å². The Balaban J connectivity index is 0.000000534. The average molecular weight is 631 g/mol. The zero-order valence-corrected chi connectivity index (χ0v) is 33.0. The Morgan fingerprint density at radius 2 is 1.55 bits per heavy atom. The van der Waals surface area contributed by atoms with Crippen LogP contribution in [0.3, 0.4) is 0 Å². The van der Waals surface area contributed by atoms with Gasteiger partial charge in [0.15, 0.2) is 0 Å². The lowest BCUT2D eigenvalue weighted by Crippen LogP contribution is -2.42. The standard InChI is InChI=1S/C25H42N2OS.C9H18.C6H14/c1-9-10-19(29-8)16-26-15-17(2)22-12-11-18-13-20-21(14-23(18)28-22)25(5,6)27(7)24(20,3)4;1-5-6-7-8-9(2,3)4;1-5-6(2,3)4/h13-14,17,19,22,26H,9-12,15-16H2,1-8H3;7-8H,5-6H2,1-4H3;5H2,1-4H3/b;8-7+;. The Morgan fingerprint density at radius 3 is 2.02 bits per heavy atom. The smallest absolute Gasteiger partial charge is 0.123 e. The first-order chi connectivity index (χ1) is 20.2. The summed E-state index contributed by atoms with van der Waals surface area (Å²) in [7, 11) is 2.25. The molecule has 0 aromatic heterocycles. The average Bonchev–Trinajstić information content (AvgIpc) is 3.07. The zero-order valence-electron chi connectivity index (χ0n) is 32.2. The van der Waals surface area contributed by atoms with Gasteiger partial charge in [0.2, 0.25) is 0 Å². The number of unbranched alkanes of at least 4 members (excludes halogenated alkanes) is 1. The number of thioether (sulfide) groups is 1. The molecule has 0 fully saturated rings. The third-order valence-electron chi connectivity index (χ3n) is 9.72. The molecular formula is C40H74N2OS. The third kappa shape index (κ3) is 12.7. The highest BCUT2D eigenvalue weighted by Crippen LogP contribution is 2.50. The Kier molecular flexibility index (Phi) is 16.6. The molecule has 3 nitrogen and oxygen atoms in total. The van der Waals surface area contributed by atoms with Gasteiger partial charge in [-0.1, -0.05) is 101 Å². The van der Waals surface area contributed by atoms with E-state index in [1.807, 2.05) is 11.8 Å². The lowest BCUT2D eigenvalue weighted by atomic mass is 9.86. The number of nitrogens with one attached hydrogen (secondary N) is 1. The molecule has 4 heteroatoms. The molecule has 0 radical (unpaired) electrons. The van der Waals surface area contributed by atoms with Gasteiger partial charge in [-0.2, -0.15) is 11.8 Å². The highest BCUT2D eigenvalue weighted by molar-refractivity contribution is 7.99. The van der Waals surface area contributed by atoms with Gasteiger partial charge in [0.05, 0.1) is 0 Å². The molecule has 0 amide bonds. The minimum Gasteiger partial charge on any atom is -0.490 e. The van der Waals surface area contributed by atoms with Gasteiger partial charge in [0.25, 0.3) is 0 Å². The molecular weight excluding hydrogens is 557 g/mol. The summed E-state index contributed by atoms with van der Waals surface area (Å²) in [6.07, 6.45) is 15.6. The fourth-order valence-electron chi connectivity index (χ4n) is 5.75. The molecule has 0 spiro atoms. The van der Waals surface area contributed by atoms with Gasteiger partial charge in [-0.3, -0.25) is 4.90 Å². The molecule has 256 valence electrons. The van der Waals surface area contributed by atoms with E-state index in [1.54, 1.807) is 0 Å². The number of ether oxygens (including phenoxy) is 1. The molecule has 1 N–H and O–H groups in total. The number of aryl methyl sites for hydroxylation is 1. The van der Waals surface area contributed by atoms with E-state index in [1.165, 1.54) is 48.8 Å². The van der Waals surface area contributed by atoms with E-state index in [4.69, 9.17) is 4.74 Å². The quantitative estimate of drug-likeness (QED) is 0.260. The molecule has 2 heterocycles. The summed E-state index contributed by atoms with van der Waals surface area (Å²) in [6, 6.07) is 4.79. The van der Waals surface area contributed by atoms with Gasteiger partial charge in [0, 0.05) is 35.3 Å². The van der Waals surface area contributed by atoms with Crippen molar-refractivity contribution in [2.45, 2.75) is 164 Å². The van der Waals surface area contributed by atoms with Crippen LogP contribution in [0.5, 0.6) is 5.75 Å². The molecule has 2 aliphatic heterocycles. The highest BCUT2D eigenvalue weighted by atomic mass is 32.2. The molecule has 0 aliphatic carbocycles. The maximum atomic E-state index is 6.58. The number of hydrogen-bond acceptors (Lipinski definition) is 4. The first-order valence-corrected chi connectivity index (χ1v) is 19.0. The van der Waals surface area contributed by atoms with Crippen LogP contribution in [0, 0.1) is 16.7 Å². The summed E-state index contributed by atoms with van der Waals surface area (Å²) >= 11 is 1.99. The number of nitrogens with zero attached hydrogens (tertiary/aromatic N) is 1. The molecule has 3 unspecified atom stereocenters. The lowest BCUT2D eigenvalue weighted by molar-refractivity contribution is 0.0729. The fraction of sp³-hybridized carbons (Fsp3) is 0.800. The summed E-state index contributed by atoms with van der Waals surface area (Å²) in [4.78, 5) is 2.50. The largest absolute Gasteiger partial charge is 0.490 e. The van der Waals surface area contributed by atoms with Crippen molar-refractivity contribution in [2.24, 2.45) is 16.7 Å². The monoisotopic (exact) mass is 631 g/mol. The van der Waals surface area contributed by atoms with E-state index in [0.29, 0.717) is 22.9 Å². The predicted molar refractivity (Wildman–Crippen MR) is 200 cm³/mol. The van der Waals surface area contributed by atoms with Crippen molar-refractivity contribution < 1.29 is 4.74 Å². The summed E-state index contributed by atoms with van der Waals surface area (Å²) in [6.45, 7) is 33.9. The highest BCUT2D eigenvalue weighted by Gasteiger charge is 2.47. The minimum atomic E-state index is 0.0312. The first-order valence-electron chi connectivity index (χ1n) is 17.7. The molecule has 1 aromatic carbocycles. The van der Waals surface area contributed by atoms with Crippen LogP contribution in [-0.4, -0.2) is 42.6 Å². The van der Waals surface area contributed by atoms with Crippen LogP contribution in [0.4, 0.5) is 0 Å². The van der Waals surface area contributed by atoms with Crippen molar-refractivity contribution in [1.29, 1.82) is 0 Å². The van der Waals surface area contributed by atoms with E-state index in [2.05, 4.69) is 145 Å². The topological polar surface area (TPSA) is 24.5 Å². The zero-order chi connectivity index (χ0) is 33.9. The van der Waals surface area contributed by atoms with E-state index in [9.17, 15) is 0 Å². The van der Waals surface area contributed by atoms with Crippen LogP contribution < -0.4 is 10.1 Å². The predicted octanol–water partition coefficient (Wildman–Crippen LogP) is 11.4. The Hall–Kier alpha value is -0.970.